The molecule has 0 bridgehead atoms. The third-order valence-corrected chi connectivity index (χ3v) is 4.50. The van der Waals surface area contributed by atoms with Crippen LogP contribution in [0.1, 0.15) is 45.1 Å². The fourth-order valence-electron chi connectivity index (χ4n) is 3.08. The molecule has 0 aromatic heterocycles. The van der Waals surface area contributed by atoms with E-state index in [1.54, 1.807) is 0 Å². The first kappa shape index (κ1) is 17.8. The molecule has 128 valence electrons. The lowest BCUT2D eigenvalue weighted by Crippen LogP contribution is -2.48. The molecule has 0 radical (unpaired) electrons. The molecular formula is C19H30N2O2. The molecule has 1 atom stereocenters. The van der Waals surface area contributed by atoms with Gasteiger partial charge in [-0.1, -0.05) is 32.0 Å². The second-order valence-electron chi connectivity index (χ2n) is 6.40. The van der Waals surface area contributed by atoms with E-state index >= 15 is 0 Å². The van der Waals surface area contributed by atoms with Crippen molar-refractivity contribution in [3.63, 3.8) is 0 Å². The molecule has 4 heteroatoms. The van der Waals surface area contributed by atoms with Crippen LogP contribution in [0.25, 0.3) is 0 Å². The maximum atomic E-state index is 12.5. The quantitative estimate of drug-likeness (QED) is 0.840. The van der Waals surface area contributed by atoms with Crippen LogP contribution in [-0.4, -0.2) is 42.6 Å². The van der Waals surface area contributed by atoms with Crippen LogP contribution in [-0.2, 0) is 4.79 Å². The van der Waals surface area contributed by atoms with Crippen LogP contribution in [0.4, 0.5) is 0 Å². The van der Waals surface area contributed by atoms with Gasteiger partial charge in [0.25, 0.3) is 5.91 Å². The Balaban J connectivity index is 1.85. The molecule has 1 aliphatic rings. The van der Waals surface area contributed by atoms with Crippen LogP contribution >= 0.6 is 0 Å². The Morgan fingerprint density at radius 3 is 2.61 bits per heavy atom. The molecule has 1 fully saturated rings. The minimum Gasteiger partial charge on any atom is -0.480 e. The normalized spacial score (nSPS) is 17.7. The Bertz CT molecular complexity index is 496. The minimum absolute atomic E-state index is 0.0182. The Kier molecular flexibility index (Phi) is 6.90. The van der Waals surface area contributed by atoms with Crippen LogP contribution in [0.3, 0.4) is 0 Å². The van der Waals surface area contributed by atoms with Gasteiger partial charge in [0.15, 0.2) is 6.10 Å². The lowest BCUT2D eigenvalue weighted by molar-refractivity contribution is -0.129. The lowest BCUT2D eigenvalue weighted by Gasteiger charge is -2.32. The third-order valence-electron chi connectivity index (χ3n) is 4.50. The van der Waals surface area contributed by atoms with Crippen molar-refractivity contribution in [3.05, 3.63) is 29.8 Å². The Labute approximate surface area is 140 Å². The van der Waals surface area contributed by atoms with Gasteiger partial charge in [0.1, 0.15) is 5.75 Å². The zero-order chi connectivity index (χ0) is 16.7. The van der Waals surface area contributed by atoms with E-state index in [2.05, 4.69) is 17.1 Å². The van der Waals surface area contributed by atoms with Crippen LogP contribution in [0.5, 0.6) is 5.75 Å². The number of aryl methyl sites for hydroxylation is 1. The van der Waals surface area contributed by atoms with Crippen molar-refractivity contribution >= 4 is 5.91 Å². The largest absolute Gasteiger partial charge is 0.480 e. The molecule has 1 heterocycles. The standard InChI is InChI=1S/C19H30N2O2/c1-4-12-21-13-10-16(11-14-21)20-19(22)17(5-2)23-18-9-7-6-8-15(18)3/h6-9,16-17H,4-5,10-14H2,1-3H3,(H,20,22). The molecule has 1 aliphatic heterocycles. The highest BCUT2D eigenvalue weighted by Crippen LogP contribution is 2.19. The van der Waals surface area contributed by atoms with Crippen molar-refractivity contribution in [3.8, 4) is 5.75 Å². The van der Waals surface area contributed by atoms with Crippen LogP contribution < -0.4 is 10.1 Å². The van der Waals surface area contributed by atoms with Crippen molar-refractivity contribution in [1.82, 2.24) is 10.2 Å². The molecule has 0 aliphatic carbocycles. The van der Waals surface area contributed by atoms with E-state index < -0.39 is 6.10 Å². The molecular weight excluding hydrogens is 288 g/mol. The van der Waals surface area contributed by atoms with E-state index in [1.807, 2.05) is 38.1 Å². The van der Waals surface area contributed by atoms with Gasteiger partial charge in [-0.2, -0.15) is 0 Å². The Morgan fingerprint density at radius 1 is 1.30 bits per heavy atom. The highest BCUT2D eigenvalue weighted by atomic mass is 16.5. The number of likely N-dealkylation sites (tertiary alicyclic amines) is 1. The van der Waals surface area contributed by atoms with Gasteiger partial charge in [-0.15, -0.1) is 0 Å². The topological polar surface area (TPSA) is 41.6 Å². The number of hydrogen-bond acceptors (Lipinski definition) is 3. The Morgan fingerprint density at radius 2 is 2.00 bits per heavy atom. The summed E-state index contributed by atoms with van der Waals surface area (Å²) in [5.74, 6) is 0.817. The van der Waals surface area contributed by atoms with E-state index in [9.17, 15) is 4.79 Å². The van der Waals surface area contributed by atoms with E-state index in [1.165, 1.54) is 6.42 Å². The number of carbonyl (C=O) groups excluding carboxylic acids is 1. The number of rotatable bonds is 7. The summed E-state index contributed by atoms with van der Waals surface area (Å²) in [6.45, 7) is 9.52. The molecule has 1 unspecified atom stereocenters. The van der Waals surface area contributed by atoms with E-state index in [-0.39, 0.29) is 11.9 Å². The smallest absolute Gasteiger partial charge is 0.261 e. The predicted octanol–water partition coefficient (Wildman–Crippen LogP) is 3.14. The summed E-state index contributed by atoms with van der Waals surface area (Å²) in [5.41, 5.74) is 1.06. The molecule has 1 amide bonds. The first-order valence-corrected chi connectivity index (χ1v) is 8.89. The second-order valence-corrected chi connectivity index (χ2v) is 6.40. The summed E-state index contributed by atoms with van der Waals surface area (Å²) in [7, 11) is 0. The summed E-state index contributed by atoms with van der Waals surface area (Å²) < 4.78 is 5.93. The van der Waals surface area contributed by atoms with Crippen molar-refractivity contribution < 1.29 is 9.53 Å². The Hall–Kier alpha value is -1.55. The lowest BCUT2D eigenvalue weighted by atomic mass is 10.0. The molecule has 1 N–H and O–H groups in total. The zero-order valence-corrected chi connectivity index (χ0v) is 14.7. The van der Waals surface area contributed by atoms with Crippen molar-refractivity contribution in [1.29, 1.82) is 0 Å². The van der Waals surface area contributed by atoms with Crippen molar-refractivity contribution in [2.45, 2.75) is 58.6 Å². The summed E-state index contributed by atoms with van der Waals surface area (Å²) in [4.78, 5) is 15.0. The number of piperidine rings is 1. The minimum atomic E-state index is -0.412. The number of amides is 1. The molecule has 0 saturated carbocycles. The zero-order valence-electron chi connectivity index (χ0n) is 14.7. The fraction of sp³-hybridized carbons (Fsp3) is 0.632. The van der Waals surface area contributed by atoms with Crippen LogP contribution in [0.2, 0.25) is 0 Å². The average Bonchev–Trinajstić information content (AvgIpc) is 2.56. The number of benzene rings is 1. The SMILES string of the molecule is CCCN1CCC(NC(=O)C(CC)Oc2ccccc2C)CC1. The summed E-state index contributed by atoms with van der Waals surface area (Å²) in [6, 6.07) is 8.13. The van der Waals surface area contributed by atoms with Gasteiger partial charge in [-0.25, -0.2) is 0 Å². The number of nitrogens with one attached hydrogen (secondary N) is 1. The van der Waals surface area contributed by atoms with Crippen molar-refractivity contribution in [2.24, 2.45) is 0 Å². The average molecular weight is 318 g/mol. The predicted molar refractivity (Wildman–Crippen MR) is 93.8 cm³/mol. The number of ether oxygens (including phenoxy) is 1. The van der Waals surface area contributed by atoms with Gasteiger partial charge < -0.3 is 15.0 Å². The first-order chi connectivity index (χ1) is 11.1. The molecule has 23 heavy (non-hydrogen) atoms. The van der Waals surface area contributed by atoms with Crippen LogP contribution in [0.15, 0.2) is 24.3 Å². The van der Waals surface area contributed by atoms with Gasteiger partial charge in [0, 0.05) is 19.1 Å². The van der Waals surface area contributed by atoms with E-state index in [0.29, 0.717) is 6.42 Å². The highest BCUT2D eigenvalue weighted by Gasteiger charge is 2.25. The van der Waals surface area contributed by atoms with E-state index in [0.717, 1.165) is 43.8 Å². The first-order valence-electron chi connectivity index (χ1n) is 8.89. The van der Waals surface area contributed by atoms with Gasteiger partial charge in [-0.3, -0.25) is 4.79 Å². The molecule has 2 rings (SSSR count). The van der Waals surface area contributed by atoms with E-state index in [4.69, 9.17) is 4.74 Å². The summed E-state index contributed by atoms with van der Waals surface area (Å²) >= 11 is 0. The highest BCUT2D eigenvalue weighted by molar-refractivity contribution is 5.81. The summed E-state index contributed by atoms with van der Waals surface area (Å²) in [6.07, 6.45) is 3.53. The van der Waals surface area contributed by atoms with Gasteiger partial charge in [0.05, 0.1) is 0 Å². The monoisotopic (exact) mass is 318 g/mol. The molecule has 0 spiro atoms. The molecule has 1 saturated heterocycles. The van der Waals surface area contributed by atoms with Crippen LogP contribution in [0, 0.1) is 6.92 Å². The number of nitrogens with zero attached hydrogens (tertiary/aromatic N) is 1. The van der Waals surface area contributed by atoms with Crippen molar-refractivity contribution in [2.75, 3.05) is 19.6 Å². The maximum Gasteiger partial charge on any atom is 0.261 e. The fourth-order valence-corrected chi connectivity index (χ4v) is 3.08. The van der Waals surface area contributed by atoms with Gasteiger partial charge >= 0.3 is 0 Å². The second kappa shape index (κ2) is 8.92. The third kappa shape index (κ3) is 5.24. The summed E-state index contributed by atoms with van der Waals surface area (Å²) in [5, 5.41) is 3.18. The number of hydrogen-bond donors (Lipinski definition) is 1. The molecule has 4 nitrogen and oxygen atoms in total. The number of para-hydroxylation sites is 1. The molecule has 1 aromatic carbocycles. The van der Waals surface area contributed by atoms with Gasteiger partial charge in [-0.05, 0) is 50.8 Å². The molecule has 1 aromatic rings. The van der Waals surface area contributed by atoms with Gasteiger partial charge in [0.2, 0.25) is 0 Å². The number of carbonyl (C=O) groups is 1. The maximum absolute atomic E-state index is 12.5.